The van der Waals surface area contributed by atoms with Crippen LogP contribution in [0.15, 0.2) is 51.1 Å². The number of hydrogen-bond donors (Lipinski definition) is 0. The van der Waals surface area contributed by atoms with Crippen LogP contribution in [0.1, 0.15) is 45.1 Å². The predicted molar refractivity (Wildman–Crippen MR) is 118 cm³/mol. The van der Waals surface area contributed by atoms with Crippen LogP contribution in [-0.2, 0) is 0 Å². The molecule has 0 aliphatic rings. The van der Waals surface area contributed by atoms with Crippen LogP contribution in [0.3, 0.4) is 0 Å². The highest BCUT2D eigenvalue weighted by atomic mass is 79.9. The van der Waals surface area contributed by atoms with Crippen molar-refractivity contribution in [2.24, 2.45) is 10.2 Å². The largest absolute Gasteiger partial charge is 0.372 e. The first-order valence-corrected chi connectivity index (χ1v) is 10.4. The maximum atomic E-state index is 10.9. The van der Waals surface area contributed by atoms with E-state index >= 15 is 0 Å². The lowest BCUT2D eigenvalue weighted by Crippen LogP contribution is -2.25. The SMILES string of the molecule is CCCCN(CCCC)c1ccc(N=Nc2c(Br)cc([N+](=O)[O-])cc2C#N)cc1. The van der Waals surface area contributed by atoms with Crippen LogP contribution in [0.5, 0.6) is 0 Å². The summed E-state index contributed by atoms with van der Waals surface area (Å²) < 4.78 is 0.355. The highest BCUT2D eigenvalue weighted by Gasteiger charge is 2.15. The van der Waals surface area contributed by atoms with Crippen LogP contribution in [0.4, 0.5) is 22.7 Å². The average molecular weight is 458 g/mol. The molecule has 0 aliphatic carbocycles. The van der Waals surface area contributed by atoms with E-state index in [1.54, 1.807) is 0 Å². The highest BCUT2D eigenvalue weighted by Crippen LogP contribution is 2.34. The minimum atomic E-state index is -0.548. The molecule has 0 bridgehead atoms. The second kappa shape index (κ2) is 11.3. The van der Waals surface area contributed by atoms with E-state index in [1.165, 1.54) is 12.1 Å². The molecule has 0 amide bonds. The fourth-order valence-electron chi connectivity index (χ4n) is 2.78. The van der Waals surface area contributed by atoms with Crippen molar-refractivity contribution in [2.75, 3.05) is 18.0 Å². The minimum Gasteiger partial charge on any atom is -0.372 e. The van der Waals surface area contributed by atoms with E-state index in [2.05, 4.69) is 44.9 Å². The van der Waals surface area contributed by atoms with Crippen LogP contribution in [0.2, 0.25) is 0 Å². The quantitative estimate of drug-likeness (QED) is 0.217. The number of non-ortho nitro benzene ring substituents is 1. The van der Waals surface area contributed by atoms with Gasteiger partial charge in [-0.3, -0.25) is 10.1 Å². The topological polar surface area (TPSA) is 94.9 Å². The zero-order valence-corrected chi connectivity index (χ0v) is 18.2. The Labute approximate surface area is 179 Å². The number of nitro groups is 1. The molecule has 8 heteroatoms. The first-order valence-electron chi connectivity index (χ1n) is 9.64. The van der Waals surface area contributed by atoms with Gasteiger partial charge >= 0.3 is 0 Å². The fraction of sp³-hybridized carbons (Fsp3) is 0.381. The Morgan fingerprint density at radius 1 is 1.10 bits per heavy atom. The van der Waals surface area contributed by atoms with Gasteiger partial charge in [-0.15, -0.1) is 5.11 Å². The number of nitrogens with zero attached hydrogens (tertiary/aromatic N) is 5. The Balaban J connectivity index is 2.22. The van der Waals surface area contributed by atoms with Gasteiger partial charge < -0.3 is 4.90 Å². The number of azo groups is 1. The average Bonchev–Trinajstić information content (AvgIpc) is 2.73. The van der Waals surface area contributed by atoms with Gasteiger partial charge in [-0.1, -0.05) is 26.7 Å². The second-order valence-electron chi connectivity index (χ2n) is 6.60. The van der Waals surface area contributed by atoms with Gasteiger partial charge in [-0.05, 0) is 53.0 Å². The molecular formula is C21H24BrN5O2. The van der Waals surface area contributed by atoms with E-state index in [9.17, 15) is 15.4 Å². The van der Waals surface area contributed by atoms with Crippen molar-refractivity contribution < 1.29 is 4.92 Å². The molecule has 0 spiro atoms. The summed E-state index contributed by atoms with van der Waals surface area (Å²) in [7, 11) is 0. The molecule has 152 valence electrons. The summed E-state index contributed by atoms with van der Waals surface area (Å²) in [6.45, 7) is 6.43. The number of benzene rings is 2. The number of halogens is 1. The summed E-state index contributed by atoms with van der Waals surface area (Å²) in [6.07, 6.45) is 4.60. The lowest BCUT2D eigenvalue weighted by Gasteiger charge is -2.24. The van der Waals surface area contributed by atoms with E-state index in [0.29, 0.717) is 10.2 Å². The summed E-state index contributed by atoms with van der Waals surface area (Å²) in [5.41, 5.74) is 2.00. The zero-order chi connectivity index (χ0) is 21.2. The molecule has 0 aromatic heterocycles. The van der Waals surface area contributed by atoms with E-state index in [-0.39, 0.29) is 16.9 Å². The van der Waals surface area contributed by atoms with Gasteiger partial charge in [0.2, 0.25) is 0 Å². The maximum Gasteiger partial charge on any atom is 0.272 e. The first-order chi connectivity index (χ1) is 14.0. The molecule has 0 saturated heterocycles. The van der Waals surface area contributed by atoms with Crippen molar-refractivity contribution >= 4 is 38.7 Å². The Hall–Kier alpha value is -2.79. The summed E-state index contributed by atoms with van der Waals surface area (Å²) in [4.78, 5) is 12.8. The molecule has 0 unspecified atom stereocenters. The van der Waals surface area contributed by atoms with Crippen LogP contribution < -0.4 is 4.90 Å². The molecule has 2 aromatic rings. The highest BCUT2D eigenvalue weighted by molar-refractivity contribution is 9.10. The van der Waals surface area contributed by atoms with Crippen LogP contribution in [-0.4, -0.2) is 18.0 Å². The lowest BCUT2D eigenvalue weighted by atomic mass is 10.2. The molecule has 0 saturated carbocycles. The van der Waals surface area contributed by atoms with Crippen LogP contribution in [0.25, 0.3) is 0 Å². The van der Waals surface area contributed by atoms with Crippen molar-refractivity contribution in [2.45, 2.75) is 39.5 Å². The molecule has 2 aromatic carbocycles. The molecule has 29 heavy (non-hydrogen) atoms. The number of anilines is 1. The fourth-order valence-corrected chi connectivity index (χ4v) is 3.31. The minimum absolute atomic E-state index is 0.0942. The standard InChI is InChI=1S/C21H24BrN5O2/c1-3-5-11-26(12-6-4-2)18-9-7-17(8-10-18)24-25-21-16(15-23)13-19(27(28)29)14-20(21)22/h7-10,13-14H,3-6,11-12H2,1-2H3. The normalized spacial score (nSPS) is 10.8. The molecule has 0 atom stereocenters. The summed E-state index contributed by atoms with van der Waals surface area (Å²) in [5.74, 6) is 0. The maximum absolute atomic E-state index is 10.9. The second-order valence-corrected chi connectivity index (χ2v) is 7.46. The Kier molecular flexibility index (Phi) is 8.74. The van der Waals surface area contributed by atoms with Crippen molar-refractivity contribution in [1.82, 2.24) is 0 Å². The van der Waals surface area contributed by atoms with Crippen LogP contribution >= 0.6 is 15.9 Å². The molecule has 0 fully saturated rings. The Morgan fingerprint density at radius 2 is 1.72 bits per heavy atom. The number of nitro benzene ring substituents is 1. The third kappa shape index (κ3) is 6.36. The van der Waals surface area contributed by atoms with E-state index in [4.69, 9.17) is 0 Å². The molecule has 0 N–H and O–H groups in total. The molecule has 0 radical (unpaired) electrons. The smallest absolute Gasteiger partial charge is 0.272 e. The molecular weight excluding hydrogens is 434 g/mol. The van der Waals surface area contributed by atoms with Gasteiger partial charge in [-0.2, -0.15) is 10.4 Å². The van der Waals surface area contributed by atoms with E-state index in [0.717, 1.165) is 44.5 Å². The molecule has 2 rings (SSSR count). The first kappa shape index (κ1) is 22.5. The van der Waals surface area contributed by atoms with Gasteiger partial charge in [0.05, 0.1) is 20.6 Å². The number of rotatable bonds is 10. The van der Waals surface area contributed by atoms with Gasteiger partial charge in [0, 0.05) is 30.9 Å². The van der Waals surface area contributed by atoms with E-state index < -0.39 is 4.92 Å². The van der Waals surface area contributed by atoms with Gasteiger partial charge in [0.25, 0.3) is 5.69 Å². The van der Waals surface area contributed by atoms with Crippen molar-refractivity contribution in [3.63, 3.8) is 0 Å². The number of nitriles is 1. The zero-order valence-electron chi connectivity index (χ0n) is 16.6. The van der Waals surface area contributed by atoms with Crippen LogP contribution in [0, 0.1) is 21.4 Å². The molecule has 0 heterocycles. The van der Waals surface area contributed by atoms with Crippen molar-refractivity contribution in [3.8, 4) is 6.07 Å². The molecule has 7 nitrogen and oxygen atoms in total. The predicted octanol–water partition coefficient (Wildman–Crippen LogP) is 7.05. The van der Waals surface area contributed by atoms with Crippen molar-refractivity contribution in [1.29, 1.82) is 5.26 Å². The van der Waals surface area contributed by atoms with Crippen molar-refractivity contribution in [3.05, 3.63) is 56.5 Å². The van der Waals surface area contributed by atoms with E-state index in [1.807, 2.05) is 30.3 Å². The number of unbranched alkanes of at least 4 members (excludes halogenated alkanes) is 2. The summed E-state index contributed by atoms with van der Waals surface area (Å²) in [5, 5.41) is 28.6. The van der Waals surface area contributed by atoms with Gasteiger partial charge in [0.1, 0.15) is 11.8 Å². The van der Waals surface area contributed by atoms with Gasteiger partial charge in [0.15, 0.2) is 0 Å². The third-order valence-corrected chi connectivity index (χ3v) is 5.03. The molecule has 0 aliphatic heterocycles. The summed E-state index contributed by atoms with van der Waals surface area (Å²) >= 11 is 3.24. The Morgan fingerprint density at radius 3 is 2.24 bits per heavy atom. The number of hydrogen-bond acceptors (Lipinski definition) is 6. The third-order valence-electron chi connectivity index (χ3n) is 4.42. The lowest BCUT2D eigenvalue weighted by molar-refractivity contribution is -0.384. The monoisotopic (exact) mass is 457 g/mol. The summed E-state index contributed by atoms with van der Waals surface area (Å²) in [6, 6.07) is 12.3. The Bertz CT molecular complexity index is 899. The van der Waals surface area contributed by atoms with Gasteiger partial charge in [-0.25, -0.2) is 0 Å².